The molecule has 2 aromatic rings. The lowest BCUT2D eigenvalue weighted by molar-refractivity contribution is -0.124. The Morgan fingerprint density at radius 1 is 1.26 bits per heavy atom. The van der Waals surface area contributed by atoms with Crippen LogP contribution in [0, 0.1) is 5.92 Å². The van der Waals surface area contributed by atoms with Gasteiger partial charge in [0.1, 0.15) is 0 Å². The Morgan fingerprint density at radius 2 is 2.07 bits per heavy atom. The number of hydrogen-bond donors (Lipinski definition) is 1. The molecular weight excluding hydrogens is 342 g/mol. The van der Waals surface area contributed by atoms with Gasteiger partial charge in [0.15, 0.2) is 5.82 Å². The minimum atomic E-state index is -0.735. The standard InChI is InChI=1S/C21H29N3O3/c1-26-14-11-19-22-20(27-23-19)15-24-13-12-21(25,16-7-3-2-4-8-16)17-9-5-6-10-18(17)24/h2-4,7-8,17-18,25H,5-6,9-15H2,1H3/t17-,18-,21+/m0/s1. The third kappa shape index (κ3) is 3.79. The van der Waals surface area contributed by atoms with Crippen molar-refractivity contribution >= 4 is 0 Å². The highest BCUT2D eigenvalue weighted by Crippen LogP contribution is 2.47. The maximum Gasteiger partial charge on any atom is 0.240 e. The van der Waals surface area contributed by atoms with E-state index in [0.717, 1.165) is 31.4 Å². The zero-order chi connectivity index (χ0) is 18.7. The maximum absolute atomic E-state index is 11.6. The van der Waals surface area contributed by atoms with E-state index in [1.165, 1.54) is 12.8 Å². The number of methoxy groups -OCH3 is 1. The lowest BCUT2D eigenvalue weighted by atomic mass is 9.66. The molecule has 2 fully saturated rings. The molecule has 0 spiro atoms. The van der Waals surface area contributed by atoms with E-state index in [4.69, 9.17) is 9.26 Å². The fraction of sp³-hybridized carbons (Fsp3) is 0.619. The van der Waals surface area contributed by atoms with Gasteiger partial charge in [0.05, 0.1) is 18.8 Å². The quantitative estimate of drug-likeness (QED) is 0.842. The van der Waals surface area contributed by atoms with Gasteiger partial charge < -0.3 is 14.4 Å². The summed E-state index contributed by atoms with van der Waals surface area (Å²) in [5.74, 6) is 1.61. The van der Waals surface area contributed by atoms with Gasteiger partial charge in [-0.2, -0.15) is 4.98 Å². The summed E-state index contributed by atoms with van der Waals surface area (Å²) >= 11 is 0. The molecule has 6 heteroatoms. The van der Waals surface area contributed by atoms with Gasteiger partial charge in [-0.1, -0.05) is 48.3 Å². The number of nitrogens with zero attached hydrogens (tertiary/aromatic N) is 3. The molecule has 2 heterocycles. The van der Waals surface area contributed by atoms with Crippen LogP contribution in [0.2, 0.25) is 0 Å². The van der Waals surface area contributed by atoms with Gasteiger partial charge in [-0.05, 0) is 24.8 Å². The molecule has 146 valence electrons. The van der Waals surface area contributed by atoms with E-state index < -0.39 is 5.60 Å². The van der Waals surface area contributed by atoms with Gasteiger partial charge in [-0.15, -0.1) is 0 Å². The highest BCUT2D eigenvalue weighted by Gasteiger charge is 2.49. The summed E-state index contributed by atoms with van der Waals surface area (Å²) in [4.78, 5) is 6.95. The minimum absolute atomic E-state index is 0.248. The Bertz CT molecular complexity index is 735. The zero-order valence-electron chi connectivity index (χ0n) is 16.0. The van der Waals surface area contributed by atoms with E-state index in [1.807, 2.05) is 18.2 Å². The smallest absolute Gasteiger partial charge is 0.240 e. The number of likely N-dealkylation sites (tertiary alicyclic amines) is 1. The van der Waals surface area contributed by atoms with Gasteiger partial charge >= 0.3 is 0 Å². The van der Waals surface area contributed by atoms with E-state index in [9.17, 15) is 5.11 Å². The molecule has 1 aromatic carbocycles. The van der Waals surface area contributed by atoms with Crippen molar-refractivity contribution in [1.82, 2.24) is 15.0 Å². The third-order valence-corrected chi connectivity index (χ3v) is 6.24. The number of hydrogen-bond acceptors (Lipinski definition) is 6. The summed E-state index contributed by atoms with van der Waals surface area (Å²) in [7, 11) is 1.67. The summed E-state index contributed by atoms with van der Waals surface area (Å²) < 4.78 is 10.5. The highest BCUT2D eigenvalue weighted by atomic mass is 16.5. The van der Waals surface area contributed by atoms with Crippen LogP contribution in [0.25, 0.3) is 0 Å². The average molecular weight is 371 g/mol. The Labute approximate surface area is 160 Å². The fourth-order valence-electron chi connectivity index (χ4n) is 4.88. The lowest BCUT2D eigenvalue weighted by Crippen LogP contribution is -2.57. The predicted molar refractivity (Wildman–Crippen MR) is 101 cm³/mol. The van der Waals surface area contributed by atoms with Crippen molar-refractivity contribution in [3.05, 3.63) is 47.6 Å². The topological polar surface area (TPSA) is 71.6 Å². The first-order chi connectivity index (χ1) is 13.2. The molecular formula is C21H29N3O3. The first kappa shape index (κ1) is 18.6. The van der Waals surface area contributed by atoms with Crippen LogP contribution in [0.1, 0.15) is 49.4 Å². The molecule has 1 saturated carbocycles. The monoisotopic (exact) mass is 371 g/mol. The number of aromatic nitrogens is 2. The molecule has 1 aliphatic heterocycles. The number of ether oxygens (including phenoxy) is 1. The van der Waals surface area contributed by atoms with Crippen LogP contribution >= 0.6 is 0 Å². The predicted octanol–water partition coefficient (Wildman–Crippen LogP) is 2.91. The molecule has 2 aliphatic rings. The van der Waals surface area contributed by atoms with Crippen LogP contribution in [0.5, 0.6) is 0 Å². The molecule has 0 radical (unpaired) electrons. The molecule has 1 aliphatic carbocycles. The SMILES string of the molecule is COCCc1noc(CN2CC[C@@](O)(c3ccccc3)[C@H]3CCCC[C@@H]32)n1. The summed E-state index contributed by atoms with van der Waals surface area (Å²) in [6.07, 6.45) is 5.99. The van der Waals surface area contributed by atoms with Crippen molar-refractivity contribution in [2.24, 2.45) is 5.92 Å². The lowest BCUT2D eigenvalue weighted by Gasteiger charge is -2.52. The second-order valence-corrected chi connectivity index (χ2v) is 7.82. The van der Waals surface area contributed by atoms with E-state index >= 15 is 0 Å². The molecule has 0 amide bonds. The Kier molecular flexibility index (Phi) is 5.57. The summed E-state index contributed by atoms with van der Waals surface area (Å²) in [5, 5.41) is 15.7. The average Bonchev–Trinajstić information content (AvgIpc) is 3.17. The molecule has 4 rings (SSSR count). The second kappa shape index (κ2) is 8.09. The van der Waals surface area contributed by atoms with Gasteiger partial charge in [0.2, 0.25) is 5.89 Å². The number of rotatable bonds is 6. The van der Waals surface area contributed by atoms with Crippen LogP contribution in [-0.2, 0) is 23.3 Å². The second-order valence-electron chi connectivity index (χ2n) is 7.82. The van der Waals surface area contributed by atoms with Gasteiger partial charge in [0, 0.05) is 32.0 Å². The van der Waals surface area contributed by atoms with E-state index in [-0.39, 0.29) is 5.92 Å². The molecule has 1 aromatic heterocycles. The largest absolute Gasteiger partial charge is 0.385 e. The minimum Gasteiger partial charge on any atom is -0.385 e. The number of fused-ring (bicyclic) bond motifs is 1. The van der Waals surface area contributed by atoms with Crippen molar-refractivity contribution in [1.29, 1.82) is 0 Å². The fourth-order valence-corrected chi connectivity index (χ4v) is 4.88. The Balaban J connectivity index is 1.51. The van der Waals surface area contributed by atoms with Gasteiger partial charge in [-0.3, -0.25) is 4.90 Å². The highest BCUT2D eigenvalue weighted by molar-refractivity contribution is 5.25. The zero-order valence-corrected chi connectivity index (χ0v) is 16.0. The summed E-state index contributed by atoms with van der Waals surface area (Å²) in [6, 6.07) is 10.6. The maximum atomic E-state index is 11.6. The molecule has 1 N–H and O–H groups in total. The van der Waals surface area contributed by atoms with Crippen molar-refractivity contribution in [2.75, 3.05) is 20.3 Å². The van der Waals surface area contributed by atoms with Crippen molar-refractivity contribution < 1.29 is 14.4 Å². The van der Waals surface area contributed by atoms with Crippen LogP contribution in [0.15, 0.2) is 34.9 Å². The molecule has 27 heavy (non-hydrogen) atoms. The molecule has 0 bridgehead atoms. The first-order valence-electron chi connectivity index (χ1n) is 10.0. The molecule has 3 atom stereocenters. The van der Waals surface area contributed by atoms with Crippen molar-refractivity contribution in [3.63, 3.8) is 0 Å². The van der Waals surface area contributed by atoms with E-state index in [0.29, 0.717) is 37.3 Å². The summed E-state index contributed by atoms with van der Waals surface area (Å²) in [5.41, 5.74) is 0.322. The molecule has 1 saturated heterocycles. The Hall–Kier alpha value is -1.76. The number of piperidine rings is 1. The van der Waals surface area contributed by atoms with Crippen LogP contribution in [0.4, 0.5) is 0 Å². The number of benzene rings is 1. The number of aliphatic hydroxyl groups is 1. The first-order valence-corrected chi connectivity index (χ1v) is 10.0. The van der Waals surface area contributed by atoms with Crippen molar-refractivity contribution in [3.8, 4) is 0 Å². The van der Waals surface area contributed by atoms with Crippen molar-refractivity contribution in [2.45, 2.75) is 56.7 Å². The van der Waals surface area contributed by atoms with Crippen LogP contribution in [0.3, 0.4) is 0 Å². The summed E-state index contributed by atoms with van der Waals surface area (Å²) in [6.45, 7) is 2.09. The normalized spacial score (nSPS) is 28.8. The van der Waals surface area contributed by atoms with Gasteiger partial charge in [0.25, 0.3) is 0 Å². The third-order valence-electron chi connectivity index (χ3n) is 6.24. The van der Waals surface area contributed by atoms with Crippen LogP contribution in [-0.4, -0.2) is 46.5 Å². The van der Waals surface area contributed by atoms with E-state index in [2.05, 4.69) is 27.2 Å². The molecule has 6 nitrogen and oxygen atoms in total. The van der Waals surface area contributed by atoms with E-state index in [1.54, 1.807) is 7.11 Å². The molecule has 0 unspecified atom stereocenters. The Morgan fingerprint density at radius 3 is 2.89 bits per heavy atom. The van der Waals surface area contributed by atoms with Gasteiger partial charge in [-0.25, -0.2) is 0 Å². The van der Waals surface area contributed by atoms with Crippen LogP contribution < -0.4 is 0 Å².